The molecule has 0 spiro atoms. The molecule has 0 radical (unpaired) electrons. The number of hydrogen-bond donors (Lipinski definition) is 1. The molecule has 1 aromatic rings. The van der Waals surface area contributed by atoms with Gasteiger partial charge in [0.1, 0.15) is 5.82 Å². The SMILES string of the molecule is CCN(Cc1ccc(C#N)cc1F)C(=O)C(C)=C1CNC1. The summed E-state index contributed by atoms with van der Waals surface area (Å²) in [6.45, 7) is 5.91. The summed E-state index contributed by atoms with van der Waals surface area (Å²) in [6, 6.07) is 6.24. The van der Waals surface area contributed by atoms with E-state index < -0.39 is 5.82 Å². The highest BCUT2D eigenvalue weighted by atomic mass is 19.1. The zero-order chi connectivity index (χ0) is 15.4. The molecule has 0 atom stereocenters. The van der Waals surface area contributed by atoms with Gasteiger partial charge in [-0.2, -0.15) is 5.26 Å². The lowest BCUT2D eigenvalue weighted by Crippen LogP contribution is -2.39. The monoisotopic (exact) mass is 287 g/mol. The van der Waals surface area contributed by atoms with Crippen LogP contribution in [0.15, 0.2) is 29.3 Å². The van der Waals surface area contributed by atoms with E-state index in [1.807, 2.05) is 19.9 Å². The summed E-state index contributed by atoms with van der Waals surface area (Å²) < 4.78 is 13.9. The Bertz CT molecular complexity index is 625. The van der Waals surface area contributed by atoms with Gasteiger partial charge in [0.15, 0.2) is 0 Å². The molecule has 1 heterocycles. The van der Waals surface area contributed by atoms with Gasteiger partial charge < -0.3 is 10.2 Å². The first-order chi connectivity index (χ1) is 10.1. The molecule has 1 aliphatic heterocycles. The minimum absolute atomic E-state index is 0.0576. The van der Waals surface area contributed by atoms with E-state index in [2.05, 4.69) is 5.32 Å². The molecule has 110 valence electrons. The second-order valence-electron chi connectivity index (χ2n) is 5.07. The molecule has 0 aliphatic carbocycles. The molecule has 1 N–H and O–H groups in total. The third kappa shape index (κ3) is 3.29. The average Bonchev–Trinajstić information content (AvgIpc) is 2.43. The fourth-order valence-electron chi connectivity index (χ4n) is 2.18. The van der Waals surface area contributed by atoms with Crippen LogP contribution in [0.1, 0.15) is 25.0 Å². The molecule has 0 aromatic heterocycles. The molecule has 2 rings (SSSR count). The standard InChI is InChI=1S/C16H18FN3O/c1-3-20(16(21)11(2)14-8-19-9-14)10-13-5-4-12(7-18)6-15(13)17/h4-6,19H,3,8-10H2,1-2H3. The normalized spacial score (nSPS) is 13.3. The first-order valence-electron chi connectivity index (χ1n) is 6.94. The summed E-state index contributed by atoms with van der Waals surface area (Å²) in [5.74, 6) is -0.506. The molecule has 1 aliphatic rings. The van der Waals surface area contributed by atoms with Gasteiger partial charge in [-0.15, -0.1) is 0 Å². The Balaban J connectivity index is 2.16. The van der Waals surface area contributed by atoms with Crippen molar-refractivity contribution in [1.29, 1.82) is 5.26 Å². The summed E-state index contributed by atoms with van der Waals surface area (Å²) in [6.07, 6.45) is 0. The Morgan fingerprint density at radius 1 is 1.48 bits per heavy atom. The molecule has 0 unspecified atom stereocenters. The fourth-order valence-corrected chi connectivity index (χ4v) is 2.18. The van der Waals surface area contributed by atoms with E-state index in [-0.39, 0.29) is 18.0 Å². The van der Waals surface area contributed by atoms with Gasteiger partial charge in [-0.25, -0.2) is 4.39 Å². The number of nitriles is 1. The van der Waals surface area contributed by atoms with Gasteiger partial charge in [-0.3, -0.25) is 4.79 Å². The number of hydrogen-bond acceptors (Lipinski definition) is 3. The van der Waals surface area contributed by atoms with Gasteiger partial charge in [0.25, 0.3) is 0 Å². The zero-order valence-corrected chi connectivity index (χ0v) is 12.2. The fraction of sp³-hybridized carbons (Fsp3) is 0.375. The largest absolute Gasteiger partial charge is 0.335 e. The van der Waals surface area contributed by atoms with Crippen molar-refractivity contribution in [3.05, 3.63) is 46.3 Å². The average molecular weight is 287 g/mol. The zero-order valence-electron chi connectivity index (χ0n) is 12.2. The maximum Gasteiger partial charge on any atom is 0.249 e. The molecule has 1 aromatic carbocycles. The highest BCUT2D eigenvalue weighted by Crippen LogP contribution is 2.16. The number of likely N-dealkylation sites (N-methyl/N-ethyl adjacent to an activating group) is 1. The number of benzene rings is 1. The van der Waals surface area contributed by atoms with E-state index >= 15 is 0 Å². The van der Waals surface area contributed by atoms with Crippen LogP contribution in [0.2, 0.25) is 0 Å². The van der Waals surface area contributed by atoms with Crippen molar-refractivity contribution < 1.29 is 9.18 Å². The van der Waals surface area contributed by atoms with Crippen LogP contribution in [-0.2, 0) is 11.3 Å². The van der Waals surface area contributed by atoms with Gasteiger partial charge in [-0.05, 0) is 31.6 Å². The number of halogens is 1. The van der Waals surface area contributed by atoms with Crippen LogP contribution >= 0.6 is 0 Å². The molecule has 1 amide bonds. The number of carbonyl (C=O) groups is 1. The van der Waals surface area contributed by atoms with Crippen molar-refractivity contribution in [3.63, 3.8) is 0 Å². The maximum absolute atomic E-state index is 13.9. The summed E-state index contributed by atoms with van der Waals surface area (Å²) in [4.78, 5) is 14.0. The van der Waals surface area contributed by atoms with E-state index in [0.29, 0.717) is 12.1 Å². The van der Waals surface area contributed by atoms with Crippen LogP contribution in [0, 0.1) is 17.1 Å². The van der Waals surface area contributed by atoms with Crippen molar-refractivity contribution in [2.24, 2.45) is 0 Å². The predicted molar refractivity (Wildman–Crippen MR) is 77.8 cm³/mol. The lowest BCUT2D eigenvalue weighted by Gasteiger charge is -2.26. The summed E-state index contributed by atoms with van der Waals surface area (Å²) in [5.41, 5.74) is 2.56. The van der Waals surface area contributed by atoms with Gasteiger partial charge in [0.05, 0.1) is 11.6 Å². The molecule has 1 saturated heterocycles. The lowest BCUT2D eigenvalue weighted by molar-refractivity contribution is -0.127. The second kappa shape index (κ2) is 6.51. The van der Waals surface area contributed by atoms with Gasteiger partial charge in [0, 0.05) is 37.3 Å². The molecular weight excluding hydrogens is 269 g/mol. The van der Waals surface area contributed by atoms with E-state index in [4.69, 9.17) is 5.26 Å². The van der Waals surface area contributed by atoms with Crippen molar-refractivity contribution >= 4 is 5.91 Å². The van der Waals surface area contributed by atoms with E-state index in [1.54, 1.807) is 17.0 Å². The Morgan fingerprint density at radius 3 is 2.67 bits per heavy atom. The highest BCUT2D eigenvalue weighted by Gasteiger charge is 2.21. The van der Waals surface area contributed by atoms with Crippen LogP contribution in [-0.4, -0.2) is 30.4 Å². The van der Waals surface area contributed by atoms with Gasteiger partial charge in [0.2, 0.25) is 5.91 Å². The highest BCUT2D eigenvalue weighted by molar-refractivity contribution is 5.94. The topological polar surface area (TPSA) is 56.1 Å². The number of amides is 1. The van der Waals surface area contributed by atoms with E-state index in [9.17, 15) is 9.18 Å². The molecule has 0 saturated carbocycles. The number of rotatable bonds is 4. The smallest absolute Gasteiger partial charge is 0.249 e. The Hall–Kier alpha value is -2.19. The van der Waals surface area contributed by atoms with Gasteiger partial charge in [-0.1, -0.05) is 6.07 Å². The second-order valence-corrected chi connectivity index (χ2v) is 5.07. The van der Waals surface area contributed by atoms with Crippen molar-refractivity contribution in [1.82, 2.24) is 10.2 Å². The quantitative estimate of drug-likeness (QED) is 0.861. The summed E-state index contributed by atoms with van der Waals surface area (Å²) in [7, 11) is 0. The number of nitrogens with zero attached hydrogens (tertiary/aromatic N) is 2. The molecule has 21 heavy (non-hydrogen) atoms. The van der Waals surface area contributed by atoms with Crippen molar-refractivity contribution in [2.45, 2.75) is 20.4 Å². The summed E-state index contributed by atoms with van der Waals surface area (Å²) >= 11 is 0. The van der Waals surface area contributed by atoms with Crippen LogP contribution in [0.25, 0.3) is 0 Å². The maximum atomic E-state index is 13.9. The third-order valence-electron chi connectivity index (χ3n) is 3.74. The Labute approximate surface area is 123 Å². The first kappa shape index (κ1) is 15.2. The Morgan fingerprint density at radius 2 is 2.19 bits per heavy atom. The third-order valence-corrected chi connectivity index (χ3v) is 3.74. The number of carbonyl (C=O) groups excluding carboxylic acids is 1. The molecular formula is C16H18FN3O. The minimum atomic E-state index is -0.448. The molecule has 4 nitrogen and oxygen atoms in total. The van der Waals surface area contributed by atoms with E-state index in [0.717, 1.165) is 24.2 Å². The summed E-state index contributed by atoms with van der Waals surface area (Å²) in [5, 5.41) is 11.8. The molecule has 0 bridgehead atoms. The van der Waals surface area contributed by atoms with Crippen LogP contribution in [0.3, 0.4) is 0 Å². The van der Waals surface area contributed by atoms with E-state index in [1.165, 1.54) is 6.07 Å². The first-order valence-corrected chi connectivity index (χ1v) is 6.94. The van der Waals surface area contributed by atoms with Crippen LogP contribution < -0.4 is 5.32 Å². The lowest BCUT2D eigenvalue weighted by atomic mass is 10.0. The minimum Gasteiger partial charge on any atom is -0.335 e. The molecule has 1 fully saturated rings. The van der Waals surface area contributed by atoms with Crippen molar-refractivity contribution in [2.75, 3.05) is 19.6 Å². The van der Waals surface area contributed by atoms with Crippen LogP contribution in [0.4, 0.5) is 4.39 Å². The van der Waals surface area contributed by atoms with Crippen LogP contribution in [0.5, 0.6) is 0 Å². The van der Waals surface area contributed by atoms with Gasteiger partial charge >= 0.3 is 0 Å². The predicted octanol–water partition coefficient (Wildman–Crippen LogP) is 1.97. The number of nitrogens with one attached hydrogen (secondary N) is 1. The Kier molecular flexibility index (Phi) is 4.71. The van der Waals surface area contributed by atoms with Crippen molar-refractivity contribution in [3.8, 4) is 6.07 Å². The molecule has 5 heteroatoms.